The Labute approximate surface area is 242 Å². The molecule has 0 radical (unpaired) electrons. The number of aromatic nitrogens is 8. The third-order valence-electron chi connectivity index (χ3n) is 5.70. The van der Waals surface area contributed by atoms with E-state index in [1.807, 2.05) is 23.5 Å². The largest absolute Gasteiger partial charge is 0.351 e. The number of rotatable bonds is 3. The van der Waals surface area contributed by atoms with Crippen molar-refractivity contribution in [2.45, 2.75) is 6.42 Å². The van der Waals surface area contributed by atoms with E-state index in [2.05, 4.69) is 19.9 Å². The molecule has 5 rings (SSSR count). The SMILES string of the molecule is Cn1c(=O)c2[nH]cnc2n(C)c1=O.Cn1c(=O)c2[nH]cnc2n(C)c1=O.NC(=O)NC(=O)Cc1ccccc1.NCCN. The van der Waals surface area contributed by atoms with Gasteiger partial charge in [0.2, 0.25) is 5.91 Å². The van der Waals surface area contributed by atoms with Crippen molar-refractivity contribution in [2.24, 2.45) is 45.4 Å². The summed E-state index contributed by atoms with van der Waals surface area (Å²) < 4.78 is 4.74. The minimum absolute atomic E-state index is 0.170. The summed E-state index contributed by atoms with van der Waals surface area (Å²) in [5.74, 6) is -0.390. The van der Waals surface area contributed by atoms with Gasteiger partial charge < -0.3 is 27.2 Å². The molecule has 4 aromatic heterocycles. The van der Waals surface area contributed by atoms with E-state index in [0.717, 1.165) is 14.7 Å². The number of nitrogens with two attached hydrogens (primary N) is 3. The molecule has 3 amide bonds. The zero-order valence-corrected chi connectivity index (χ0v) is 24.0. The van der Waals surface area contributed by atoms with E-state index in [0.29, 0.717) is 35.4 Å². The van der Waals surface area contributed by atoms with Gasteiger partial charge in [0.1, 0.15) is 11.0 Å². The van der Waals surface area contributed by atoms with Crippen molar-refractivity contribution >= 4 is 34.3 Å². The molecular formula is C25H34N12O6. The van der Waals surface area contributed by atoms with E-state index in [4.69, 9.17) is 17.2 Å². The van der Waals surface area contributed by atoms with Gasteiger partial charge in [0.25, 0.3) is 11.1 Å². The monoisotopic (exact) mass is 598 g/mol. The molecule has 0 aliphatic carbocycles. The smallest absolute Gasteiger partial charge is 0.332 e. The van der Waals surface area contributed by atoms with Crippen LogP contribution in [0.15, 0.2) is 62.2 Å². The van der Waals surface area contributed by atoms with Gasteiger partial charge in [0.15, 0.2) is 11.3 Å². The number of amides is 3. The highest BCUT2D eigenvalue weighted by atomic mass is 16.2. The van der Waals surface area contributed by atoms with Crippen LogP contribution in [-0.4, -0.2) is 63.2 Å². The number of H-pyrrole nitrogens is 2. The molecule has 9 N–H and O–H groups in total. The lowest BCUT2D eigenvalue weighted by molar-refractivity contribution is -0.119. The lowest BCUT2D eigenvalue weighted by Gasteiger charge is -2.00. The molecule has 18 heteroatoms. The molecule has 43 heavy (non-hydrogen) atoms. The number of imidazole rings is 2. The van der Waals surface area contributed by atoms with Gasteiger partial charge in [-0.2, -0.15) is 0 Å². The van der Waals surface area contributed by atoms with Crippen LogP contribution in [0.1, 0.15) is 5.56 Å². The first-order valence-corrected chi connectivity index (χ1v) is 12.6. The van der Waals surface area contributed by atoms with Gasteiger partial charge in [-0.15, -0.1) is 0 Å². The molecule has 0 aliphatic heterocycles. The van der Waals surface area contributed by atoms with E-state index in [9.17, 15) is 28.8 Å². The summed E-state index contributed by atoms with van der Waals surface area (Å²) in [5.41, 5.74) is 15.5. The number of imide groups is 1. The normalized spacial score (nSPS) is 10.1. The van der Waals surface area contributed by atoms with Gasteiger partial charge in [-0.1, -0.05) is 30.3 Å². The highest BCUT2D eigenvalue weighted by molar-refractivity contribution is 5.94. The molecule has 1 aromatic carbocycles. The van der Waals surface area contributed by atoms with Crippen LogP contribution in [0.3, 0.4) is 0 Å². The van der Waals surface area contributed by atoms with Crippen LogP contribution in [0.25, 0.3) is 22.3 Å². The molecule has 0 saturated heterocycles. The first-order chi connectivity index (χ1) is 20.3. The molecular weight excluding hydrogens is 564 g/mol. The number of aromatic amines is 2. The van der Waals surface area contributed by atoms with E-state index < -0.39 is 11.9 Å². The highest BCUT2D eigenvalue weighted by Crippen LogP contribution is 1.99. The van der Waals surface area contributed by atoms with Gasteiger partial charge in [0.05, 0.1) is 19.1 Å². The molecule has 230 valence electrons. The summed E-state index contributed by atoms with van der Waals surface area (Å²) in [6.07, 6.45) is 2.96. The fourth-order valence-corrected chi connectivity index (χ4v) is 3.50. The van der Waals surface area contributed by atoms with E-state index in [-0.39, 0.29) is 28.9 Å². The number of hydrogen-bond donors (Lipinski definition) is 6. The van der Waals surface area contributed by atoms with E-state index in [1.165, 1.54) is 35.9 Å². The molecule has 0 spiro atoms. The molecule has 0 atom stereocenters. The van der Waals surface area contributed by atoms with Gasteiger partial charge >= 0.3 is 17.4 Å². The average Bonchev–Trinajstić information content (AvgIpc) is 3.69. The zero-order chi connectivity index (χ0) is 32.3. The number of nitrogens with one attached hydrogen (secondary N) is 3. The second-order valence-corrected chi connectivity index (χ2v) is 8.77. The number of primary amides is 1. The summed E-state index contributed by atoms with van der Waals surface area (Å²) in [7, 11) is 6.02. The predicted octanol–water partition coefficient (Wildman–Crippen LogP) is -2.75. The van der Waals surface area contributed by atoms with Crippen molar-refractivity contribution in [3.05, 3.63) is 90.2 Å². The number of hydrogen-bond acceptors (Lipinski definition) is 10. The first kappa shape index (κ1) is 33.6. The van der Waals surface area contributed by atoms with Crippen LogP contribution in [0.5, 0.6) is 0 Å². The van der Waals surface area contributed by atoms with Crippen LogP contribution in [-0.2, 0) is 39.4 Å². The topological polar surface area (TPSA) is 270 Å². The number of carbonyl (C=O) groups excluding carboxylic acids is 2. The predicted molar refractivity (Wildman–Crippen MR) is 159 cm³/mol. The molecule has 0 bridgehead atoms. The number of urea groups is 1. The third kappa shape index (κ3) is 8.44. The summed E-state index contributed by atoms with van der Waals surface area (Å²) in [4.78, 5) is 80.1. The van der Waals surface area contributed by atoms with Crippen molar-refractivity contribution in [3.63, 3.8) is 0 Å². The number of carbonyl (C=O) groups is 2. The van der Waals surface area contributed by atoms with Crippen molar-refractivity contribution in [3.8, 4) is 0 Å². The first-order valence-electron chi connectivity index (χ1n) is 12.6. The standard InChI is InChI=1S/C9H10N2O2.2C7H8N4O2.C2H8N2/c10-9(13)11-8(12)6-7-4-2-1-3-5-7;2*1-10-5-4(8-3-9-5)6(12)11(2)7(10)13;3-1-2-4/h1-5H,6H2,(H3,10,11,12,13);2*3H,1-2H3,(H,8,9);1-4H2. The minimum atomic E-state index is -0.819. The van der Waals surface area contributed by atoms with Crippen molar-refractivity contribution in [1.82, 2.24) is 43.5 Å². The van der Waals surface area contributed by atoms with Crippen molar-refractivity contribution in [1.29, 1.82) is 0 Å². The molecule has 18 nitrogen and oxygen atoms in total. The molecule has 0 saturated carbocycles. The molecule has 4 heterocycles. The quantitative estimate of drug-likeness (QED) is 0.125. The number of aryl methyl sites for hydroxylation is 2. The Morgan fingerprint density at radius 2 is 1.16 bits per heavy atom. The summed E-state index contributed by atoms with van der Waals surface area (Å²) >= 11 is 0. The summed E-state index contributed by atoms with van der Waals surface area (Å²) in [6.45, 7) is 1.19. The third-order valence-corrected chi connectivity index (χ3v) is 5.70. The van der Waals surface area contributed by atoms with Gasteiger partial charge in [-0.3, -0.25) is 38.0 Å². The molecule has 0 unspecified atom stereocenters. The van der Waals surface area contributed by atoms with Crippen molar-refractivity contribution in [2.75, 3.05) is 13.1 Å². The molecule has 5 aromatic rings. The lowest BCUT2D eigenvalue weighted by atomic mass is 10.1. The number of benzene rings is 1. The van der Waals surface area contributed by atoms with Crippen LogP contribution >= 0.6 is 0 Å². The average molecular weight is 599 g/mol. The Hall–Kier alpha value is -5.62. The summed E-state index contributed by atoms with van der Waals surface area (Å²) in [5, 5.41) is 1.99. The van der Waals surface area contributed by atoms with E-state index in [1.54, 1.807) is 26.2 Å². The maximum atomic E-state index is 11.4. The Kier molecular flexibility index (Phi) is 12.0. The fourth-order valence-electron chi connectivity index (χ4n) is 3.50. The Bertz CT molecular complexity index is 1820. The number of fused-ring (bicyclic) bond motifs is 2. The van der Waals surface area contributed by atoms with Gasteiger partial charge in [0, 0.05) is 41.3 Å². The fraction of sp³-hybridized carbons (Fsp3) is 0.280. The van der Waals surface area contributed by atoms with E-state index >= 15 is 0 Å². The Morgan fingerprint density at radius 1 is 0.744 bits per heavy atom. The van der Waals surface area contributed by atoms with Gasteiger partial charge in [-0.25, -0.2) is 24.4 Å². The van der Waals surface area contributed by atoms with Crippen LogP contribution in [0.2, 0.25) is 0 Å². The molecule has 0 fully saturated rings. The molecule has 0 aliphatic rings. The van der Waals surface area contributed by atoms with Crippen LogP contribution in [0.4, 0.5) is 4.79 Å². The Balaban J connectivity index is 0.000000212. The Morgan fingerprint density at radius 3 is 1.53 bits per heavy atom. The second-order valence-electron chi connectivity index (χ2n) is 8.77. The van der Waals surface area contributed by atoms with Crippen LogP contribution in [0, 0.1) is 0 Å². The second kappa shape index (κ2) is 15.4. The lowest BCUT2D eigenvalue weighted by Crippen LogP contribution is -2.36. The van der Waals surface area contributed by atoms with Gasteiger partial charge in [-0.05, 0) is 5.56 Å². The maximum Gasteiger partial charge on any atom is 0.332 e. The maximum absolute atomic E-state index is 11.4. The highest BCUT2D eigenvalue weighted by Gasteiger charge is 2.10. The minimum Gasteiger partial charge on any atom is -0.351 e. The summed E-state index contributed by atoms with van der Waals surface area (Å²) in [6, 6.07) is 8.30. The van der Waals surface area contributed by atoms with Crippen molar-refractivity contribution < 1.29 is 9.59 Å². The van der Waals surface area contributed by atoms with Crippen LogP contribution < -0.4 is 45.0 Å². The zero-order valence-electron chi connectivity index (χ0n) is 24.0. The number of nitrogens with zero attached hydrogens (tertiary/aromatic N) is 6.